The molecule has 0 atom stereocenters. The van der Waals surface area contributed by atoms with Crippen LogP contribution in [0.25, 0.3) is 5.57 Å². The van der Waals surface area contributed by atoms with Crippen molar-refractivity contribution in [2.75, 3.05) is 13.1 Å². The van der Waals surface area contributed by atoms with Crippen molar-refractivity contribution in [2.24, 2.45) is 0 Å². The monoisotopic (exact) mass is 414 g/mol. The molecule has 0 spiro atoms. The van der Waals surface area contributed by atoms with Gasteiger partial charge in [-0.05, 0) is 77.8 Å². The van der Waals surface area contributed by atoms with Crippen LogP contribution in [0.2, 0.25) is 5.02 Å². The Hall–Kier alpha value is -2.91. The number of rotatable bonds is 1. The number of nitrogens with zero attached hydrogens (tertiary/aromatic N) is 2. The zero-order chi connectivity index (χ0) is 20.5. The molecule has 0 bridgehead atoms. The van der Waals surface area contributed by atoms with Crippen LogP contribution < -0.4 is 0 Å². The van der Waals surface area contributed by atoms with Gasteiger partial charge in [0.15, 0.2) is 0 Å². The summed E-state index contributed by atoms with van der Waals surface area (Å²) in [5.41, 5.74) is 8.78. The Morgan fingerprint density at radius 2 is 1.63 bits per heavy atom. The van der Waals surface area contributed by atoms with E-state index in [2.05, 4.69) is 41.4 Å². The van der Waals surface area contributed by atoms with Gasteiger partial charge in [0.1, 0.15) is 0 Å². The summed E-state index contributed by atoms with van der Waals surface area (Å²) in [5.74, 6) is 0.0700. The second-order valence-corrected chi connectivity index (χ2v) is 8.41. The molecule has 3 aromatic rings. The second-order valence-electron chi connectivity index (χ2n) is 7.97. The van der Waals surface area contributed by atoms with Gasteiger partial charge < -0.3 is 4.90 Å². The molecule has 150 valence electrons. The van der Waals surface area contributed by atoms with E-state index < -0.39 is 0 Å². The number of carbonyl (C=O) groups is 1. The molecule has 0 unspecified atom stereocenters. The molecule has 4 heteroatoms. The van der Waals surface area contributed by atoms with E-state index in [0.717, 1.165) is 43.8 Å². The number of pyridine rings is 1. The molecule has 0 N–H and O–H groups in total. The van der Waals surface area contributed by atoms with Crippen molar-refractivity contribution in [1.82, 2.24) is 9.88 Å². The van der Waals surface area contributed by atoms with E-state index in [0.29, 0.717) is 5.56 Å². The van der Waals surface area contributed by atoms with Gasteiger partial charge in [0.25, 0.3) is 5.91 Å². The highest BCUT2D eigenvalue weighted by molar-refractivity contribution is 6.30. The van der Waals surface area contributed by atoms with Crippen molar-refractivity contribution in [2.45, 2.75) is 25.7 Å². The van der Waals surface area contributed by atoms with Crippen LogP contribution >= 0.6 is 11.6 Å². The summed E-state index contributed by atoms with van der Waals surface area (Å²) < 4.78 is 0. The average molecular weight is 415 g/mol. The van der Waals surface area contributed by atoms with E-state index >= 15 is 0 Å². The van der Waals surface area contributed by atoms with Gasteiger partial charge in [0.05, 0.1) is 5.56 Å². The highest BCUT2D eigenvalue weighted by atomic mass is 35.5. The molecule has 2 aromatic carbocycles. The molecule has 5 rings (SSSR count). The van der Waals surface area contributed by atoms with Crippen molar-refractivity contribution in [3.63, 3.8) is 0 Å². The van der Waals surface area contributed by atoms with Crippen LogP contribution in [-0.4, -0.2) is 28.9 Å². The van der Waals surface area contributed by atoms with Crippen LogP contribution in [0, 0.1) is 0 Å². The second kappa shape index (κ2) is 8.08. The minimum absolute atomic E-state index is 0.0700. The Bertz CT molecular complexity index is 1130. The predicted molar refractivity (Wildman–Crippen MR) is 121 cm³/mol. The third-order valence-electron chi connectivity index (χ3n) is 6.20. The van der Waals surface area contributed by atoms with Crippen LogP contribution in [0.15, 0.2) is 72.6 Å². The van der Waals surface area contributed by atoms with Crippen LogP contribution in [-0.2, 0) is 12.8 Å². The minimum Gasteiger partial charge on any atom is -0.338 e. The van der Waals surface area contributed by atoms with Gasteiger partial charge in [-0.3, -0.25) is 9.78 Å². The maximum Gasteiger partial charge on any atom is 0.255 e. The van der Waals surface area contributed by atoms with E-state index in [1.54, 1.807) is 12.4 Å². The first-order valence-corrected chi connectivity index (χ1v) is 10.9. The van der Waals surface area contributed by atoms with E-state index in [1.165, 1.54) is 33.4 Å². The molecule has 1 aliphatic heterocycles. The predicted octanol–water partition coefficient (Wildman–Crippen LogP) is 5.57. The van der Waals surface area contributed by atoms with Gasteiger partial charge in [-0.1, -0.05) is 47.5 Å². The SMILES string of the molecule is O=C(c1cccnc1)N1CCC(=C2c3ccccc3CCc3cc(Cl)ccc32)CC1. The zero-order valence-corrected chi connectivity index (χ0v) is 17.5. The Balaban J connectivity index is 1.51. The lowest BCUT2D eigenvalue weighted by atomic mass is 9.86. The summed E-state index contributed by atoms with van der Waals surface area (Å²) in [6.45, 7) is 1.47. The molecule has 1 aromatic heterocycles. The van der Waals surface area contributed by atoms with E-state index in [4.69, 9.17) is 11.6 Å². The summed E-state index contributed by atoms with van der Waals surface area (Å²) in [6, 6.07) is 18.7. The lowest BCUT2D eigenvalue weighted by Gasteiger charge is -2.30. The Labute approximate surface area is 182 Å². The first-order valence-electron chi connectivity index (χ1n) is 10.5. The van der Waals surface area contributed by atoms with Crippen LogP contribution in [0.4, 0.5) is 0 Å². The number of aryl methyl sites for hydroxylation is 2. The molecule has 0 radical (unpaired) electrons. The number of benzene rings is 2. The van der Waals surface area contributed by atoms with Crippen molar-refractivity contribution in [1.29, 1.82) is 0 Å². The van der Waals surface area contributed by atoms with E-state index in [-0.39, 0.29) is 5.91 Å². The molecule has 2 heterocycles. The van der Waals surface area contributed by atoms with Crippen molar-refractivity contribution in [3.8, 4) is 0 Å². The van der Waals surface area contributed by atoms with Gasteiger partial charge >= 0.3 is 0 Å². The Kier molecular flexibility index (Phi) is 5.14. The van der Waals surface area contributed by atoms with E-state index in [1.807, 2.05) is 23.1 Å². The lowest BCUT2D eigenvalue weighted by Crippen LogP contribution is -2.36. The number of amides is 1. The summed E-state index contributed by atoms with van der Waals surface area (Å²) in [5, 5.41) is 0.793. The minimum atomic E-state index is 0.0700. The zero-order valence-electron chi connectivity index (χ0n) is 16.8. The number of carbonyl (C=O) groups excluding carboxylic acids is 1. The smallest absolute Gasteiger partial charge is 0.255 e. The van der Waals surface area contributed by atoms with Gasteiger partial charge in [0.2, 0.25) is 0 Å². The lowest BCUT2D eigenvalue weighted by molar-refractivity contribution is 0.0743. The van der Waals surface area contributed by atoms with Gasteiger partial charge in [-0.2, -0.15) is 0 Å². The van der Waals surface area contributed by atoms with Crippen LogP contribution in [0.1, 0.15) is 45.5 Å². The fourth-order valence-corrected chi connectivity index (χ4v) is 4.89. The average Bonchev–Trinajstić information content (AvgIpc) is 2.96. The normalized spacial score (nSPS) is 16.0. The maximum atomic E-state index is 12.8. The largest absolute Gasteiger partial charge is 0.338 e. The van der Waals surface area contributed by atoms with Crippen molar-refractivity contribution < 1.29 is 4.79 Å². The third-order valence-corrected chi connectivity index (χ3v) is 6.44. The summed E-state index contributed by atoms with van der Waals surface area (Å²) >= 11 is 6.32. The summed E-state index contributed by atoms with van der Waals surface area (Å²) in [4.78, 5) is 18.9. The molecule has 2 aliphatic rings. The molecule has 0 saturated carbocycles. The molecule has 1 saturated heterocycles. The van der Waals surface area contributed by atoms with Crippen LogP contribution in [0.5, 0.6) is 0 Å². The molecule has 1 amide bonds. The van der Waals surface area contributed by atoms with Crippen molar-refractivity contribution in [3.05, 3.63) is 105 Å². The molecule has 1 fully saturated rings. The summed E-state index contributed by atoms with van der Waals surface area (Å²) in [7, 11) is 0. The fourth-order valence-electron chi connectivity index (χ4n) is 4.69. The number of hydrogen-bond donors (Lipinski definition) is 0. The third kappa shape index (κ3) is 3.54. The first kappa shape index (κ1) is 19.1. The highest BCUT2D eigenvalue weighted by Gasteiger charge is 2.26. The molecular formula is C26H23ClN2O. The quantitative estimate of drug-likeness (QED) is 0.521. The van der Waals surface area contributed by atoms with Crippen LogP contribution in [0.3, 0.4) is 0 Å². The van der Waals surface area contributed by atoms with Gasteiger partial charge in [-0.15, -0.1) is 0 Å². The standard InChI is InChI=1S/C26H23ClN2O/c27-22-9-10-24-20(16-22)8-7-18-4-1-2-6-23(18)25(24)19-11-14-29(15-12-19)26(30)21-5-3-13-28-17-21/h1-6,9-10,13,16-17H,7-8,11-12,14-15H2. The van der Waals surface area contributed by atoms with E-state index in [9.17, 15) is 4.79 Å². The van der Waals surface area contributed by atoms with Gasteiger partial charge in [-0.25, -0.2) is 0 Å². The Morgan fingerprint density at radius 3 is 2.43 bits per heavy atom. The number of hydrogen-bond acceptors (Lipinski definition) is 2. The topological polar surface area (TPSA) is 33.2 Å². The number of likely N-dealkylation sites (tertiary alicyclic amines) is 1. The molecular weight excluding hydrogens is 392 g/mol. The Morgan fingerprint density at radius 1 is 0.867 bits per heavy atom. The highest BCUT2D eigenvalue weighted by Crippen LogP contribution is 2.39. The van der Waals surface area contributed by atoms with Crippen molar-refractivity contribution >= 4 is 23.1 Å². The number of aromatic nitrogens is 1. The molecule has 30 heavy (non-hydrogen) atoms. The fraction of sp³-hybridized carbons (Fsp3) is 0.231. The number of fused-ring (bicyclic) bond motifs is 2. The first-order chi connectivity index (χ1) is 14.7. The van der Waals surface area contributed by atoms with Gasteiger partial charge in [0, 0.05) is 30.5 Å². The number of halogens is 1. The molecule has 3 nitrogen and oxygen atoms in total. The number of piperidine rings is 1. The maximum absolute atomic E-state index is 12.8. The summed E-state index contributed by atoms with van der Waals surface area (Å²) in [6.07, 6.45) is 7.14. The molecule has 1 aliphatic carbocycles.